The highest BCUT2D eigenvalue weighted by Crippen LogP contribution is 2.64. The van der Waals surface area contributed by atoms with Crippen LogP contribution in [0.3, 0.4) is 0 Å². The van der Waals surface area contributed by atoms with Gasteiger partial charge in [-0.3, -0.25) is 0 Å². The normalized spacial score (nSPS) is 22.9. The third kappa shape index (κ3) is 6.02. The summed E-state index contributed by atoms with van der Waals surface area (Å²) in [6.45, 7) is 10.2. The lowest BCUT2D eigenvalue weighted by Crippen LogP contribution is -2.54. The lowest BCUT2D eigenvalue weighted by atomic mass is 9.61. The molecule has 3 aliphatic carbocycles. The van der Waals surface area contributed by atoms with Gasteiger partial charge in [-0.1, -0.05) is 185 Å². The summed E-state index contributed by atoms with van der Waals surface area (Å²) in [4.78, 5) is 5.48. The molecular weight excluding hydrogens is 953 g/mol. The van der Waals surface area contributed by atoms with E-state index in [9.17, 15) is 0 Å². The summed E-state index contributed by atoms with van der Waals surface area (Å²) in [6.07, 6.45) is 10.9. The fourth-order valence-electron chi connectivity index (χ4n) is 17.3. The van der Waals surface area contributed by atoms with Gasteiger partial charge < -0.3 is 9.80 Å². The fraction of sp³-hybridized carbons (Fsp3) is 0.221. The standard InChI is InChI=1S/C77H64N2/c1-74-37-13-15-39-76(74,3)78(55-21-7-5-8-22-55)72-65-44-48-19-17-27-57(62(48)41-53(65)32-35-69(72)74)50-29-30-52-47-68-60-34-31-51(46-67(60)59-25-11-12-26-61(59)71(68)64(52)43-50)58-28-18-20-49-45-66-54(42-63(49)58)33-36-70-73(66)79(56-23-9-6-10-24-56)77(4)40-16-14-38-75(70,77)2/h5-12,17-36,41-46H,13-16,37-40,47H2,1-4H3. The van der Waals surface area contributed by atoms with Crippen LogP contribution >= 0.6 is 0 Å². The highest BCUT2D eigenvalue weighted by atomic mass is 15.3. The Labute approximate surface area is 464 Å². The Balaban J connectivity index is 0.779. The van der Waals surface area contributed by atoms with Crippen molar-refractivity contribution in [3.05, 3.63) is 229 Å². The number of benzene rings is 12. The number of para-hydroxylation sites is 2. The fourth-order valence-corrected chi connectivity index (χ4v) is 17.3. The molecule has 79 heavy (non-hydrogen) atoms. The van der Waals surface area contributed by atoms with E-state index in [4.69, 9.17) is 0 Å². The van der Waals surface area contributed by atoms with Crippen LogP contribution < -0.4 is 9.80 Å². The first-order valence-corrected chi connectivity index (χ1v) is 29.5. The van der Waals surface area contributed by atoms with Gasteiger partial charge in [-0.05, 0) is 216 Å². The summed E-state index contributed by atoms with van der Waals surface area (Å²) in [5, 5.41) is 15.9. The van der Waals surface area contributed by atoms with E-state index in [1.54, 1.807) is 0 Å². The number of nitrogens with zero attached hydrogens (tertiary/aromatic N) is 2. The van der Waals surface area contributed by atoms with Gasteiger partial charge in [0.05, 0.1) is 22.5 Å². The minimum Gasteiger partial charge on any atom is -0.334 e. The summed E-state index contributed by atoms with van der Waals surface area (Å²) < 4.78 is 0. The molecule has 5 aliphatic rings. The second-order valence-electron chi connectivity index (χ2n) is 25.3. The third-order valence-electron chi connectivity index (χ3n) is 21.7. The third-order valence-corrected chi connectivity index (χ3v) is 21.7. The predicted molar refractivity (Wildman–Crippen MR) is 336 cm³/mol. The van der Waals surface area contributed by atoms with Crippen molar-refractivity contribution in [2.45, 2.75) is 107 Å². The molecule has 12 aromatic carbocycles. The average Bonchev–Trinajstić information content (AvgIpc) is 4.23. The van der Waals surface area contributed by atoms with Crippen LogP contribution in [0.1, 0.15) is 101 Å². The predicted octanol–water partition coefficient (Wildman–Crippen LogP) is 21.0. The molecule has 0 N–H and O–H groups in total. The van der Waals surface area contributed by atoms with Crippen LogP contribution in [-0.2, 0) is 17.3 Å². The minimum atomic E-state index is 0.00845. The smallest absolute Gasteiger partial charge is 0.0535 e. The first-order valence-electron chi connectivity index (χ1n) is 29.5. The van der Waals surface area contributed by atoms with E-state index in [0.717, 1.165) is 6.42 Å². The van der Waals surface area contributed by atoms with Crippen LogP contribution in [0.25, 0.3) is 98.0 Å². The molecule has 12 aromatic rings. The maximum absolute atomic E-state index is 2.74. The van der Waals surface area contributed by atoms with E-state index in [0.29, 0.717) is 0 Å². The van der Waals surface area contributed by atoms with Gasteiger partial charge in [0, 0.05) is 33.0 Å². The molecule has 2 heteroatoms. The summed E-state index contributed by atoms with van der Waals surface area (Å²) in [5.41, 5.74) is 19.4. The Kier molecular flexibility index (Phi) is 9.39. The van der Waals surface area contributed by atoms with Crippen molar-refractivity contribution in [3.63, 3.8) is 0 Å². The van der Waals surface area contributed by atoms with Gasteiger partial charge >= 0.3 is 0 Å². The van der Waals surface area contributed by atoms with Crippen LogP contribution in [0.15, 0.2) is 206 Å². The molecule has 2 saturated carbocycles. The zero-order chi connectivity index (χ0) is 52.6. The number of fused-ring (bicyclic) bond motifs is 20. The van der Waals surface area contributed by atoms with Gasteiger partial charge in [0.25, 0.3) is 0 Å². The lowest BCUT2D eigenvalue weighted by Gasteiger charge is -2.50. The summed E-state index contributed by atoms with van der Waals surface area (Å²) >= 11 is 0. The molecule has 17 rings (SSSR count). The van der Waals surface area contributed by atoms with E-state index in [2.05, 4.69) is 244 Å². The SMILES string of the molecule is CC12CCCCC1(C)N(c1ccccc1)c1c2ccc2cc3c(-c4ccc5c(c4)-c4c(c6ccc(-c7cccc8cc9c%10c(ccc9cc78)C7(C)CCCCC7(C)N%10c7ccccc7)cc6c6ccccc46)C5)cccc3cc12. The van der Waals surface area contributed by atoms with Crippen molar-refractivity contribution in [3.8, 4) is 33.4 Å². The molecular formula is C77H64N2. The van der Waals surface area contributed by atoms with Gasteiger partial charge in [-0.25, -0.2) is 0 Å². The van der Waals surface area contributed by atoms with Crippen molar-refractivity contribution >= 4 is 87.4 Å². The number of hydrogen-bond acceptors (Lipinski definition) is 2. The second kappa shape index (κ2) is 16.2. The Morgan fingerprint density at radius 3 is 1.38 bits per heavy atom. The highest BCUT2D eigenvalue weighted by Gasteiger charge is 2.59. The molecule has 0 spiro atoms. The number of rotatable bonds is 4. The van der Waals surface area contributed by atoms with Crippen molar-refractivity contribution in [2.75, 3.05) is 9.80 Å². The van der Waals surface area contributed by atoms with Crippen LogP contribution in [-0.4, -0.2) is 11.1 Å². The van der Waals surface area contributed by atoms with Crippen molar-refractivity contribution in [1.29, 1.82) is 0 Å². The molecule has 4 unspecified atom stereocenters. The first kappa shape index (κ1) is 45.8. The maximum Gasteiger partial charge on any atom is 0.0535 e. The Bertz CT molecular complexity index is 4610. The van der Waals surface area contributed by atoms with Gasteiger partial charge in [0.1, 0.15) is 0 Å². The Morgan fingerprint density at radius 1 is 0.329 bits per heavy atom. The van der Waals surface area contributed by atoms with Gasteiger partial charge in [-0.2, -0.15) is 0 Å². The van der Waals surface area contributed by atoms with Gasteiger partial charge in [-0.15, -0.1) is 0 Å². The van der Waals surface area contributed by atoms with E-state index < -0.39 is 0 Å². The Morgan fingerprint density at radius 2 is 0.810 bits per heavy atom. The van der Waals surface area contributed by atoms with Crippen LogP contribution in [0.5, 0.6) is 0 Å². The molecule has 0 radical (unpaired) electrons. The van der Waals surface area contributed by atoms with E-state index in [-0.39, 0.29) is 21.9 Å². The molecule has 0 saturated heterocycles. The second-order valence-corrected chi connectivity index (χ2v) is 25.3. The molecule has 2 heterocycles. The molecule has 2 nitrogen and oxygen atoms in total. The van der Waals surface area contributed by atoms with Crippen molar-refractivity contribution < 1.29 is 0 Å². The van der Waals surface area contributed by atoms with Crippen molar-refractivity contribution in [1.82, 2.24) is 0 Å². The molecule has 2 aliphatic heterocycles. The zero-order valence-corrected chi connectivity index (χ0v) is 45.9. The molecule has 0 amide bonds. The Hall–Kier alpha value is -8.20. The lowest BCUT2D eigenvalue weighted by molar-refractivity contribution is 0.195. The van der Waals surface area contributed by atoms with Gasteiger partial charge in [0.2, 0.25) is 0 Å². The van der Waals surface area contributed by atoms with E-state index in [1.165, 1.54) is 194 Å². The molecule has 0 aromatic heterocycles. The molecule has 4 atom stereocenters. The van der Waals surface area contributed by atoms with Crippen LogP contribution in [0.4, 0.5) is 22.7 Å². The molecule has 382 valence electrons. The minimum absolute atomic E-state index is 0.00845. The largest absolute Gasteiger partial charge is 0.334 e. The summed E-state index contributed by atoms with van der Waals surface area (Å²) in [5.74, 6) is 0. The average molecular weight is 1020 g/mol. The topological polar surface area (TPSA) is 6.48 Å². The molecule has 2 fully saturated rings. The summed E-state index contributed by atoms with van der Waals surface area (Å²) in [7, 11) is 0. The first-order chi connectivity index (χ1) is 38.6. The number of anilines is 4. The highest BCUT2D eigenvalue weighted by molar-refractivity contribution is 6.20. The monoisotopic (exact) mass is 1020 g/mol. The maximum atomic E-state index is 2.74. The summed E-state index contributed by atoms with van der Waals surface area (Å²) in [6, 6.07) is 80.1. The zero-order valence-electron chi connectivity index (χ0n) is 45.9. The number of hydrogen-bond donors (Lipinski definition) is 0. The molecule has 0 bridgehead atoms. The quantitative estimate of drug-likeness (QED) is 0.128. The van der Waals surface area contributed by atoms with E-state index >= 15 is 0 Å². The van der Waals surface area contributed by atoms with Crippen LogP contribution in [0, 0.1) is 0 Å². The van der Waals surface area contributed by atoms with Gasteiger partial charge in [0.15, 0.2) is 0 Å². The van der Waals surface area contributed by atoms with Crippen molar-refractivity contribution in [2.24, 2.45) is 0 Å². The van der Waals surface area contributed by atoms with Crippen LogP contribution in [0.2, 0.25) is 0 Å². The van der Waals surface area contributed by atoms with E-state index in [1.807, 2.05) is 0 Å².